The Bertz CT molecular complexity index is 357. The number of aldehydes is 1. The molecule has 3 nitrogen and oxygen atoms in total. The molecule has 1 saturated heterocycles. The summed E-state index contributed by atoms with van der Waals surface area (Å²) in [5.41, 5.74) is 1.88. The van der Waals surface area contributed by atoms with Gasteiger partial charge in [-0.2, -0.15) is 0 Å². The first-order valence-corrected chi connectivity index (χ1v) is 6.86. The first-order chi connectivity index (χ1) is 8.85. The highest BCUT2D eigenvalue weighted by Gasteiger charge is 2.17. The molecule has 100 valence electrons. The summed E-state index contributed by atoms with van der Waals surface area (Å²) in [7, 11) is 0. The minimum Gasteiger partial charge on any atom is -0.368 e. The van der Waals surface area contributed by atoms with Crippen molar-refractivity contribution in [3.8, 4) is 0 Å². The molecule has 0 N–H and O–H groups in total. The number of anilines is 1. The number of hydrogen-bond donors (Lipinski definition) is 0. The van der Waals surface area contributed by atoms with E-state index in [4.69, 9.17) is 0 Å². The zero-order valence-corrected chi connectivity index (χ0v) is 11.7. The predicted octanol–water partition coefficient (Wildman–Crippen LogP) is 2.67. The van der Waals surface area contributed by atoms with Crippen LogP contribution in [0.2, 0.25) is 0 Å². The van der Waals surface area contributed by atoms with Crippen LogP contribution in [-0.2, 0) is 0 Å². The molecule has 1 aromatic rings. The van der Waals surface area contributed by atoms with E-state index in [0.717, 1.165) is 50.3 Å². The van der Waals surface area contributed by atoms with Crippen molar-refractivity contribution in [2.75, 3.05) is 37.6 Å². The second kappa shape index (κ2) is 7.88. The molecular weight excluding hydrogens is 224 g/mol. The maximum absolute atomic E-state index is 11.0. The van der Waals surface area contributed by atoms with Crippen LogP contribution in [0.15, 0.2) is 24.3 Å². The van der Waals surface area contributed by atoms with Crippen LogP contribution in [0.25, 0.3) is 0 Å². The molecule has 1 heterocycles. The lowest BCUT2D eigenvalue weighted by Gasteiger charge is -2.36. The summed E-state index contributed by atoms with van der Waals surface area (Å²) in [4.78, 5) is 15.7. The van der Waals surface area contributed by atoms with Crippen LogP contribution in [-0.4, -0.2) is 43.9 Å². The van der Waals surface area contributed by atoms with Gasteiger partial charge in [0.05, 0.1) is 0 Å². The van der Waals surface area contributed by atoms with E-state index in [1.54, 1.807) is 0 Å². The Balaban J connectivity index is 0.000000771. The Hall–Kier alpha value is -1.35. The van der Waals surface area contributed by atoms with Gasteiger partial charge in [-0.25, -0.2) is 0 Å². The minimum atomic E-state index is 0.799. The Kier molecular flexibility index (Phi) is 6.44. The van der Waals surface area contributed by atoms with Gasteiger partial charge < -0.3 is 9.80 Å². The van der Waals surface area contributed by atoms with Crippen LogP contribution in [0.3, 0.4) is 0 Å². The molecule has 18 heavy (non-hydrogen) atoms. The average Bonchev–Trinajstić information content (AvgIpc) is 2.49. The SMILES string of the molecule is CC.CCN1CCN(c2ccccc2C=O)CC1. The molecule has 1 aliphatic heterocycles. The number of rotatable bonds is 3. The van der Waals surface area contributed by atoms with Crippen molar-refractivity contribution in [3.05, 3.63) is 29.8 Å². The Labute approximate surface area is 110 Å². The summed E-state index contributed by atoms with van der Waals surface area (Å²) >= 11 is 0. The Morgan fingerprint density at radius 1 is 1.11 bits per heavy atom. The van der Waals surface area contributed by atoms with Gasteiger partial charge in [-0.1, -0.05) is 32.9 Å². The maximum atomic E-state index is 11.0. The van der Waals surface area contributed by atoms with Crippen molar-refractivity contribution in [2.24, 2.45) is 0 Å². The fourth-order valence-electron chi connectivity index (χ4n) is 2.18. The molecule has 1 aliphatic rings. The summed E-state index contributed by atoms with van der Waals surface area (Å²) in [6, 6.07) is 7.82. The molecule has 0 amide bonds. The maximum Gasteiger partial charge on any atom is 0.152 e. The predicted molar refractivity (Wildman–Crippen MR) is 77.5 cm³/mol. The van der Waals surface area contributed by atoms with Crippen LogP contribution in [0.5, 0.6) is 0 Å². The number of carbonyl (C=O) groups excluding carboxylic acids is 1. The molecule has 2 rings (SSSR count). The smallest absolute Gasteiger partial charge is 0.152 e. The molecule has 3 heteroatoms. The van der Waals surface area contributed by atoms with Crippen LogP contribution < -0.4 is 4.90 Å². The van der Waals surface area contributed by atoms with E-state index in [1.807, 2.05) is 38.1 Å². The molecule has 0 saturated carbocycles. The van der Waals surface area contributed by atoms with Gasteiger partial charge in [0.25, 0.3) is 0 Å². The Morgan fingerprint density at radius 2 is 1.72 bits per heavy atom. The Morgan fingerprint density at radius 3 is 2.28 bits per heavy atom. The highest BCUT2D eigenvalue weighted by atomic mass is 16.1. The largest absolute Gasteiger partial charge is 0.368 e. The second-order valence-corrected chi connectivity index (χ2v) is 4.10. The molecule has 0 unspecified atom stereocenters. The van der Waals surface area contributed by atoms with E-state index in [2.05, 4.69) is 16.7 Å². The molecule has 1 aromatic carbocycles. The molecule has 0 bridgehead atoms. The number of para-hydroxylation sites is 1. The van der Waals surface area contributed by atoms with E-state index >= 15 is 0 Å². The van der Waals surface area contributed by atoms with Crippen molar-refractivity contribution in [2.45, 2.75) is 20.8 Å². The summed E-state index contributed by atoms with van der Waals surface area (Å²) in [5.74, 6) is 0. The van der Waals surface area contributed by atoms with Gasteiger partial charge in [0.1, 0.15) is 0 Å². The van der Waals surface area contributed by atoms with Crippen LogP contribution in [0, 0.1) is 0 Å². The van der Waals surface area contributed by atoms with E-state index in [1.165, 1.54) is 0 Å². The third kappa shape index (κ3) is 3.57. The topological polar surface area (TPSA) is 23.6 Å². The molecule has 0 atom stereocenters. The lowest BCUT2D eigenvalue weighted by molar-refractivity contribution is 0.112. The quantitative estimate of drug-likeness (QED) is 0.768. The third-order valence-corrected chi connectivity index (χ3v) is 3.22. The molecule has 0 aliphatic carbocycles. The van der Waals surface area contributed by atoms with Gasteiger partial charge in [0, 0.05) is 37.4 Å². The average molecular weight is 248 g/mol. The van der Waals surface area contributed by atoms with Crippen molar-refractivity contribution in [1.29, 1.82) is 0 Å². The van der Waals surface area contributed by atoms with Gasteiger partial charge in [-0.05, 0) is 18.7 Å². The molecule has 0 spiro atoms. The van der Waals surface area contributed by atoms with Gasteiger partial charge in [0.2, 0.25) is 0 Å². The lowest BCUT2D eigenvalue weighted by Crippen LogP contribution is -2.46. The van der Waals surface area contributed by atoms with E-state index < -0.39 is 0 Å². The number of piperazine rings is 1. The number of likely N-dealkylation sites (N-methyl/N-ethyl adjacent to an activating group) is 1. The summed E-state index contributed by atoms with van der Waals surface area (Å²) in [6.45, 7) is 11.5. The highest BCUT2D eigenvalue weighted by Crippen LogP contribution is 2.20. The van der Waals surface area contributed by atoms with Gasteiger partial charge in [0.15, 0.2) is 6.29 Å². The van der Waals surface area contributed by atoms with Gasteiger partial charge >= 0.3 is 0 Å². The molecule has 0 aromatic heterocycles. The number of nitrogens with zero attached hydrogens (tertiary/aromatic N) is 2. The minimum absolute atomic E-state index is 0.799. The monoisotopic (exact) mass is 248 g/mol. The zero-order chi connectivity index (χ0) is 13.4. The summed E-state index contributed by atoms with van der Waals surface area (Å²) in [5, 5.41) is 0. The van der Waals surface area contributed by atoms with Gasteiger partial charge in [-0.3, -0.25) is 4.79 Å². The normalized spacial score (nSPS) is 15.8. The zero-order valence-electron chi connectivity index (χ0n) is 11.7. The van der Waals surface area contributed by atoms with Crippen molar-refractivity contribution in [3.63, 3.8) is 0 Å². The highest BCUT2D eigenvalue weighted by molar-refractivity contribution is 5.84. The van der Waals surface area contributed by atoms with E-state index in [0.29, 0.717) is 0 Å². The fourth-order valence-corrected chi connectivity index (χ4v) is 2.18. The number of benzene rings is 1. The first-order valence-electron chi connectivity index (χ1n) is 6.86. The fraction of sp³-hybridized carbons (Fsp3) is 0.533. The van der Waals surface area contributed by atoms with Crippen molar-refractivity contribution in [1.82, 2.24) is 4.90 Å². The summed E-state index contributed by atoms with van der Waals surface area (Å²) < 4.78 is 0. The van der Waals surface area contributed by atoms with E-state index in [-0.39, 0.29) is 0 Å². The molecular formula is C15H24N2O. The lowest BCUT2D eigenvalue weighted by atomic mass is 10.1. The van der Waals surface area contributed by atoms with Crippen molar-refractivity contribution < 1.29 is 4.79 Å². The van der Waals surface area contributed by atoms with E-state index in [9.17, 15) is 4.79 Å². The molecule has 0 radical (unpaired) electrons. The number of hydrogen-bond acceptors (Lipinski definition) is 3. The molecule has 1 fully saturated rings. The summed E-state index contributed by atoms with van der Waals surface area (Å²) in [6.07, 6.45) is 0.946. The van der Waals surface area contributed by atoms with Gasteiger partial charge in [-0.15, -0.1) is 0 Å². The third-order valence-electron chi connectivity index (χ3n) is 3.22. The van der Waals surface area contributed by atoms with Crippen LogP contribution in [0.4, 0.5) is 5.69 Å². The van der Waals surface area contributed by atoms with Crippen molar-refractivity contribution >= 4 is 12.0 Å². The second-order valence-electron chi connectivity index (χ2n) is 4.10. The van der Waals surface area contributed by atoms with Crippen LogP contribution >= 0.6 is 0 Å². The first kappa shape index (κ1) is 14.7. The number of carbonyl (C=O) groups is 1. The van der Waals surface area contributed by atoms with Crippen LogP contribution in [0.1, 0.15) is 31.1 Å². The standard InChI is InChI=1S/C13H18N2O.C2H6/c1-2-14-7-9-15(10-8-14)13-6-4-3-5-12(13)11-16;1-2/h3-6,11H,2,7-10H2,1H3;1-2H3.